The molecule has 0 saturated heterocycles. The highest BCUT2D eigenvalue weighted by atomic mass is 19.3. The number of nitrogens with two attached hydrogens (primary N) is 1. The molecule has 1 heterocycles. The number of alkyl halides is 2. The molecule has 19 heavy (non-hydrogen) atoms. The van der Waals surface area contributed by atoms with Crippen molar-refractivity contribution in [2.45, 2.75) is 12.8 Å². The van der Waals surface area contributed by atoms with Gasteiger partial charge in [-0.25, -0.2) is 8.78 Å². The second-order valence-electron chi connectivity index (χ2n) is 4.34. The quantitative estimate of drug-likeness (QED) is 0.930. The Morgan fingerprint density at radius 2 is 2.05 bits per heavy atom. The van der Waals surface area contributed by atoms with E-state index in [1.807, 2.05) is 0 Å². The van der Waals surface area contributed by atoms with Gasteiger partial charge in [-0.1, -0.05) is 12.1 Å². The monoisotopic (exact) mass is 267 g/mol. The summed E-state index contributed by atoms with van der Waals surface area (Å²) in [7, 11) is 3.08. The van der Waals surface area contributed by atoms with Crippen LogP contribution in [0.3, 0.4) is 0 Å². The molecule has 0 radical (unpaired) electrons. The molecule has 2 N–H and O–H groups in total. The van der Waals surface area contributed by atoms with Crippen molar-refractivity contribution in [3.8, 4) is 16.9 Å². The summed E-state index contributed by atoms with van der Waals surface area (Å²) < 4.78 is 34.1. The summed E-state index contributed by atoms with van der Waals surface area (Å²) in [5.74, 6) is -2.33. The molecular weight excluding hydrogens is 252 g/mol. The first-order valence-electron chi connectivity index (χ1n) is 5.69. The zero-order chi connectivity index (χ0) is 14.2. The highest BCUT2D eigenvalue weighted by Crippen LogP contribution is 2.42. The van der Waals surface area contributed by atoms with Crippen molar-refractivity contribution in [1.29, 1.82) is 0 Å². The minimum absolute atomic E-state index is 0.133. The summed E-state index contributed by atoms with van der Waals surface area (Å²) >= 11 is 0. The smallest absolute Gasteiger partial charge is 0.271 e. The van der Waals surface area contributed by atoms with Gasteiger partial charge < -0.3 is 10.5 Å². The minimum Gasteiger partial charge on any atom is -0.496 e. The lowest BCUT2D eigenvalue weighted by Crippen LogP contribution is -2.10. The van der Waals surface area contributed by atoms with Crippen LogP contribution in [-0.2, 0) is 13.0 Å². The normalized spacial score (nSPS) is 11.6. The maximum atomic E-state index is 13.7. The second kappa shape index (κ2) is 4.53. The maximum absolute atomic E-state index is 13.7. The Labute approximate surface area is 109 Å². The first-order chi connectivity index (χ1) is 8.86. The molecule has 0 saturated carbocycles. The van der Waals surface area contributed by atoms with Crippen molar-refractivity contribution in [3.63, 3.8) is 0 Å². The van der Waals surface area contributed by atoms with Gasteiger partial charge in [0.15, 0.2) is 0 Å². The number of nitrogen functional groups attached to an aromatic ring is 1. The molecule has 2 aromatic rings. The Kier molecular flexibility index (Phi) is 3.18. The summed E-state index contributed by atoms with van der Waals surface area (Å²) in [6, 6.07) is 4.52. The van der Waals surface area contributed by atoms with Crippen LogP contribution < -0.4 is 10.5 Å². The van der Waals surface area contributed by atoms with Crippen molar-refractivity contribution in [3.05, 3.63) is 30.0 Å². The molecule has 0 bridgehead atoms. The van der Waals surface area contributed by atoms with Crippen molar-refractivity contribution < 1.29 is 13.5 Å². The Morgan fingerprint density at radius 3 is 2.53 bits per heavy atom. The lowest BCUT2D eigenvalue weighted by Gasteiger charge is -2.18. The molecule has 102 valence electrons. The molecule has 2 rings (SSSR count). The molecular formula is C13H15F2N3O. The van der Waals surface area contributed by atoms with E-state index in [0.29, 0.717) is 17.1 Å². The van der Waals surface area contributed by atoms with Crippen molar-refractivity contribution in [2.75, 3.05) is 12.8 Å². The van der Waals surface area contributed by atoms with Crippen molar-refractivity contribution >= 4 is 5.82 Å². The van der Waals surface area contributed by atoms with Crippen LogP contribution in [0, 0.1) is 0 Å². The molecule has 0 atom stereocenters. The van der Waals surface area contributed by atoms with Gasteiger partial charge in [-0.15, -0.1) is 0 Å². The van der Waals surface area contributed by atoms with Crippen LogP contribution in [0.25, 0.3) is 11.1 Å². The first-order valence-corrected chi connectivity index (χ1v) is 5.69. The van der Waals surface area contributed by atoms with E-state index >= 15 is 0 Å². The number of anilines is 1. The van der Waals surface area contributed by atoms with Gasteiger partial charge in [-0.2, -0.15) is 5.10 Å². The fraction of sp³-hybridized carbons (Fsp3) is 0.308. The zero-order valence-electron chi connectivity index (χ0n) is 10.9. The number of aryl methyl sites for hydroxylation is 1. The van der Waals surface area contributed by atoms with Gasteiger partial charge in [0.1, 0.15) is 11.6 Å². The van der Waals surface area contributed by atoms with Crippen LogP contribution in [0.1, 0.15) is 12.5 Å². The predicted octanol–water partition coefficient (Wildman–Crippen LogP) is 2.79. The van der Waals surface area contributed by atoms with Crippen molar-refractivity contribution in [2.24, 2.45) is 7.05 Å². The lowest BCUT2D eigenvalue weighted by atomic mass is 9.96. The van der Waals surface area contributed by atoms with E-state index in [9.17, 15) is 8.78 Å². The van der Waals surface area contributed by atoms with Crippen LogP contribution >= 0.6 is 0 Å². The Bertz CT molecular complexity index is 602. The number of halogens is 2. The van der Waals surface area contributed by atoms with Gasteiger partial charge in [0.05, 0.1) is 13.3 Å². The number of aromatic nitrogens is 2. The number of benzene rings is 1. The van der Waals surface area contributed by atoms with E-state index in [1.165, 1.54) is 30.1 Å². The predicted molar refractivity (Wildman–Crippen MR) is 69.2 cm³/mol. The molecule has 4 nitrogen and oxygen atoms in total. The average molecular weight is 267 g/mol. The highest BCUT2D eigenvalue weighted by molar-refractivity contribution is 5.81. The summed E-state index contributed by atoms with van der Waals surface area (Å²) in [6.45, 7) is 0.845. The number of methoxy groups -OCH3 is 1. The molecule has 0 aliphatic heterocycles. The second-order valence-corrected chi connectivity index (χ2v) is 4.34. The van der Waals surface area contributed by atoms with E-state index in [-0.39, 0.29) is 11.1 Å². The van der Waals surface area contributed by atoms with Crippen LogP contribution in [0.4, 0.5) is 14.6 Å². The van der Waals surface area contributed by atoms with E-state index in [0.717, 1.165) is 6.92 Å². The summed E-state index contributed by atoms with van der Waals surface area (Å²) in [4.78, 5) is 0. The number of hydrogen-bond acceptors (Lipinski definition) is 3. The van der Waals surface area contributed by atoms with Gasteiger partial charge in [0, 0.05) is 30.7 Å². The van der Waals surface area contributed by atoms with Crippen LogP contribution in [0.15, 0.2) is 24.4 Å². The molecule has 0 fully saturated rings. The Balaban J connectivity index is 2.77. The largest absolute Gasteiger partial charge is 0.496 e. The minimum atomic E-state index is -2.99. The van der Waals surface area contributed by atoms with Gasteiger partial charge in [0.2, 0.25) is 0 Å². The molecule has 1 aromatic heterocycles. The van der Waals surface area contributed by atoms with Gasteiger partial charge >= 0.3 is 0 Å². The molecule has 0 aliphatic carbocycles. The van der Waals surface area contributed by atoms with E-state index < -0.39 is 5.92 Å². The molecule has 0 spiro atoms. The Hall–Kier alpha value is -2.11. The van der Waals surface area contributed by atoms with Crippen LogP contribution in [0.5, 0.6) is 5.75 Å². The summed E-state index contributed by atoms with van der Waals surface area (Å²) in [5, 5.41) is 3.98. The standard InChI is InChI=1S/C13H15F2N3O/c1-13(14,15)9-5-4-6-10(19-3)11(9)8-7-17-18(2)12(8)16/h4-7H,16H2,1-3H3. The first kappa shape index (κ1) is 13.3. The third kappa shape index (κ3) is 2.25. The van der Waals surface area contributed by atoms with E-state index in [4.69, 9.17) is 10.5 Å². The number of nitrogens with zero attached hydrogens (tertiary/aromatic N) is 2. The lowest BCUT2D eigenvalue weighted by molar-refractivity contribution is 0.0179. The molecule has 1 aromatic carbocycles. The topological polar surface area (TPSA) is 53.1 Å². The summed E-state index contributed by atoms with van der Waals surface area (Å²) in [6.07, 6.45) is 1.46. The fourth-order valence-electron chi connectivity index (χ4n) is 1.98. The number of ether oxygens (including phenoxy) is 1. The van der Waals surface area contributed by atoms with Gasteiger partial charge in [0.25, 0.3) is 5.92 Å². The molecule has 0 aliphatic rings. The molecule has 6 heteroatoms. The van der Waals surface area contributed by atoms with E-state index in [1.54, 1.807) is 13.1 Å². The van der Waals surface area contributed by atoms with Gasteiger partial charge in [-0.3, -0.25) is 4.68 Å². The maximum Gasteiger partial charge on any atom is 0.271 e. The summed E-state index contributed by atoms with van der Waals surface area (Å²) in [5.41, 5.74) is 6.46. The Morgan fingerprint density at radius 1 is 1.37 bits per heavy atom. The average Bonchev–Trinajstić information content (AvgIpc) is 2.68. The van der Waals surface area contributed by atoms with E-state index in [2.05, 4.69) is 5.10 Å². The third-order valence-corrected chi connectivity index (χ3v) is 2.97. The molecule has 0 amide bonds. The molecule has 0 unspecified atom stereocenters. The number of rotatable bonds is 3. The zero-order valence-corrected chi connectivity index (χ0v) is 10.9. The fourth-order valence-corrected chi connectivity index (χ4v) is 1.98. The van der Waals surface area contributed by atoms with Crippen molar-refractivity contribution in [1.82, 2.24) is 9.78 Å². The third-order valence-electron chi connectivity index (χ3n) is 2.97. The number of hydrogen-bond donors (Lipinski definition) is 1. The SMILES string of the molecule is COc1cccc(C(C)(F)F)c1-c1cnn(C)c1N. The van der Waals surface area contributed by atoms with Crippen LogP contribution in [-0.4, -0.2) is 16.9 Å². The highest BCUT2D eigenvalue weighted by Gasteiger charge is 2.31. The van der Waals surface area contributed by atoms with Crippen LogP contribution in [0.2, 0.25) is 0 Å². The van der Waals surface area contributed by atoms with Gasteiger partial charge in [-0.05, 0) is 6.07 Å².